The van der Waals surface area contributed by atoms with Gasteiger partial charge in [-0.25, -0.2) is 0 Å². The Morgan fingerprint density at radius 2 is 1.95 bits per heavy atom. The normalized spacial score (nSPS) is 23.4. The largest absolute Gasteiger partial charge is 0.309 e. The molecule has 4 nitrogen and oxygen atoms in total. The maximum absolute atomic E-state index is 4.26. The van der Waals surface area contributed by atoms with Crippen molar-refractivity contribution in [3.8, 4) is 11.1 Å². The lowest BCUT2D eigenvalue weighted by atomic mass is 10.0. The summed E-state index contributed by atoms with van der Waals surface area (Å²) in [6.45, 7) is 7.76. The molecule has 0 amide bonds. The Morgan fingerprint density at radius 1 is 1.19 bits per heavy atom. The first kappa shape index (κ1) is 14.3. The summed E-state index contributed by atoms with van der Waals surface area (Å²) in [7, 11) is 1.96. The molecule has 0 radical (unpaired) electrons. The second-order valence-electron chi connectivity index (χ2n) is 6.27. The van der Waals surface area contributed by atoms with Crippen molar-refractivity contribution in [3.05, 3.63) is 42.2 Å². The number of hydrogen-bond donors (Lipinski definition) is 1. The molecular weight excluding hydrogens is 260 g/mol. The molecule has 1 fully saturated rings. The topological polar surface area (TPSA) is 33.1 Å². The van der Waals surface area contributed by atoms with Crippen LogP contribution >= 0.6 is 0 Å². The van der Waals surface area contributed by atoms with Crippen LogP contribution in [0.3, 0.4) is 0 Å². The molecule has 21 heavy (non-hydrogen) atoms. The quantitative estimate of drug-likeness (QED) is 0.938. The first-order valence-corrected chi connectivity index (χ1v) is 7.66. The Hall–Kier alpha value is -1.65. The van der Waals surface area contributed by atoms with E-state index in [0.717, 1.165) is 19.6 Å². The highest BCUT2D eigenvalue weighted by molar-refractivity contribution is 5.62. The molecule has 2 aromatic rings. The number of nitrogens with one attached hydrogen (secondary N) is 1. The first-order chi connectivity index (χ1) is 10.1. The van der Waals surface area contributed by atoms with Gasteiger partial charge in [-0.1, -0.05) is 18.2 Å². The van der Waals surface area contributed by atoms with Crippen LogP contribution < -0.4 is 5.32 Å². The molecule has 1 aliphatic rings. The van der Waals surface area contributed by atoms with Crippen LogP contribution in [-0.4, -0.2) is 39.9 Å². The summed E-state index contributed by atoms with van der Waals surface area (Å²) in [5.41, 5.74) is 3.80. The minimum Gasteiger partial charge on any atom is -0.309 e. The molecule has 1 aromatic carbocycles. The minimum atomic E-state index is 0.565. The molecule has 2 atom stereocenters. The fourth-order valence-electron chi connectivity index (χ4n) is 3.25. The summed E-state index contributed by atoms with van der Waals surface area (Å²) in [6.07, 6.45) is 3.99. The van der Waals surface area contributed by atoms with Gasteiger partial charge in [0.15, 0.2) is 0 Å². The Labute approximate surface area is 126 Å². The molecule has 4 heteroatoms. The van der Waals surface area contributed by atoms with Crippen LogP contribution in [0.15, 0.2) is 36.7 Å². The molecule has 1 saturated heterocycles. The van der Waals surface area contributed by atoms with Crippen molar-refractivity contribution in [1.29, 1.82) is 0 Å². The Balaban J connectivity index is 1.74. The monoisotopic (exact) mass is 284 g/mol. The van der Waals surface area contributed by atoms with Crippen LogP contribution in [0.2, 0.25) is 0 Å². The summed E-state index contributed by atoms with van der Waals surface area (Å²) in [5, 5.41) is 7.84. The summed E-state index contributed by atoms with van der Waals surface area (Å²) in [6, 6.07) is 9.94. The van der Waals surface area contributed by atoms with Crippen molar-refractivity contribution < 1.29 is 0 Å². The highest BCUT2D eigenvalue weighted by Crippen LogP contribution is 2.20. The third-order valence-corrected chi connectivity index (χ3v) is 4.00. The van der Waals surface area contributed by atoms with Crippen LogP contribution in [0.1, 0.15) is 19.4 Å². The van der Waals surface area contributed by atoms with Crippen molar-refractivity contribution in [3.63, 3.8) is 0 Å². The zero-order valence-electron chi connectivity index (χ0n) is 13.1. The first-order valence-electron chi connectivity index (χ1n) is 7.66. The number of piperazine rings is 1. The van der Waals surface area contributed by atoms with Crippen LogP contribution in [-0.2, 0) is 13.6 Å². The predicted molar refractivity (Wildman–Crippen MR) is 86.0 cm³/mol. The van der Waals surface area contributed by atoms with Crippen molar-refractivity contribution >= 4 is 0 Å². The smallest absolute Gasteiger partial charge is 0.0568 e. The van der Waals surface area contributed by atoms with Gasteiger partial charge in [-0.2, -0.15) is 5.10 Å². The zero-order valence-corrected chi connectivity index (χ0v) is 13.1. The van der Waals surface area contributed by atoms with E-state index in [1.165, 1.54) is 16.7 Å². The highest BCUT2D eigenvalue weighted by atomic mass is 15.2. The van der Waals surface area contributed by atoms with Crippen LogP contribution in [0, 0.1) is 0 Å². The number of hydrogen-bond acceptors (Lipinski definition) is 3. The fourth-order valence-corrected chi connectivity index (χ4v) is 3.25. The molecule has 0 unspecified atom stereocenters. The van der Waals surface area contributed by atoms with E-state index in [2.05, 4.69) is 59.6 Å². The van der Waals surface area contributed by atoms with E-state index in [0.29, 0.717) is 12.1 Å². The molecule has 0 bridgehead atoms. The van der Waals surface area contributed by atoms with E-state index in [1.54, 1.807) is 0 Å². The molecule has 0 spiro atoms. The molecule has 2 heterocycles. The Morgan fingerprint density at radius 3 is 2.62 bits per heavy atom. The second kappa shape index (κ2) is 6.00. The van der Waals surface area contributed by atoms with Gasteiger partial charge in [0, 0.05) is 50.5 Å². The van der Waals surface area contributed by atoms with E-state index < -0.39 is 0 Å². The van der Waals surface area contributed by atoms with Crippen molar-refractivity contribution in [2.24, 2.45) is 7.05 Å². The third-order valence-electron chi connectivity index (χ3n) is 4.00. The molecule has 0 aliphatic carbocycles. The van der Waals surface area contributed by atoms with E-state index >= 15 is 0 Å². The maximum Gasteiger partial charge on any atom is 0.0568 e. The molecule has 1 aromatic heterocycles. The molecule has 1 aliphatic heterocycles. The number of aryl methyl sites for hydroxylation is 1. The van der Waals surface area contributed by atoms with E-state index in [1.807, 2.05) is 17.9 Å². The molecule has 3 rings (SSSR count). The Kier molecular flexibility index (Phi) is 4.08. The lowest BCUT2D eigenvalue weighted by Gasteiger charge is -2.36. The summed E-state index contributed by atoms with van der Waals surface area (Å²) >= 11 is 0. The van der Waals surface area contributed by atoms with E-state index in [-0.39, 0.29) is 0 Å². The second-order valence-corrected chi connectivity index (χ2v) is 6.27. The van der Waals surface area contributed by atoms with E-state index in [4.69, 9.17) is 0 Å². The molecule has 1 N–H and O–H groups in total. The number of rotatable bonds is 3. The number of nitrogens with zero attached hydrogens (tertiary/aromatic N) is 3. The van der Waals surface area contributed by atoms with Gasteiger partial charge in [0.25, 0.3) is 0 Å². The van der Waals surface area contributed by atoms with Gasteiger partial charge in [0.05, 0.1) is 6.20 Å². The van der Waals surface area contributed by atoms with Gasteiger partial charge >= 0.3 is 0 Å². The average molecular weight is 284 g/mol. The molecular formula is C17H24N4. The van der Waals surface area contributed by atoms with Gasteiger partial charge in [0.2, 0.25) is 0 Å². The van der Waals surface area contributed by atoms with Gasteiger partial charge in [-0.15, -0.1) is 0 Å². The maximum atomic E-state index is 4.26. The van der Waals surface area contributed by atoms with Gasteiger partial charge in [0.1, 0.15) is 0 Å². The lowest BCUT2D eigenvalue weighted by molar-refractivity contribution is 0.166. The van der Waals surface area contributed by atoms with Gasteiger partial charge < -0.3 is 5.32 Å². The van der Waals surface area contributed by atoms with Gasteiger partial charge in [-0.3, -0.25) is 9.58 Å². The van der Waals surface area contributed by atoms with Crippen LogP contribution in [0.25, 0.3) is 11.1 Å². The van der Waals surface area contributed by atoms with Crippen molar-refractivity contribution in [2.45, 2.75) is 32.5 Å². The molecule has 0 saturated carbocycles. The zero-order chi connectivity index (χ0) is 14.8. The standard InChI is InChI=1S/C17H24N4/c1-13-9-21(10-14(2)19-13)11-15-5-4-6-16(7-15)17-8-18-20(3)12-17/h4-8,12-14,19H,9-11H2,1-3H3/t13-,14-/m0/s1. The summed E-state index contributed by atoms with van der Waals surface area (Å²) in [5.74, 6) is 0. The minimum absolute atomic E-state index is 0.565. The fraction of sp³-hybridized carbons (Fsp3) is 0.471. The van der Waals surface area contributed by atoms with Gasteiger partial charge in [-0.05, 0) is 31.0 Å². The highest BCUT2D eigenvalue weighted by Gasteiger charge is 2.20. The number of aromatic nitrogens is 2. The summed E-state index contributed by atoms with van der Waals surface area (Å²) < 4.78 is 1.85. The Bertz CT molecular complexity index is 594. The number of benzene rings is 1. The van der Waals surface area contributed by atoms with Crippen LogP contribution in [0.4, 0.5) is 0 Å². The SMILES string of the molecule is C[C@H]1CN(Cc2cccc(-c3cnn(C)c3)c2)C[C@H](C)N1. The van der Waals surface area contributed by atoms with Crippen LogP contribution in [0.5, 0.6) is 0 Å². The van der Waals surface area contributed by atoms with E-state index in [9.17, 15) is 0 Å². The van der Waals surface area contributed by atoms with Crippen molar-refractivity contribution in [2.75, 3.05) is 13.1 Å². The predicted octanol–water partition coefficient (Wildman–Crippen LogP) is 2.27. The lowest BCUT2D eigenvalue weighted by Crippen LogP contribution is -2.53. The van der Waals surface area contributed by atoms with Crippen molar-refractivity contribution in [1.82, 2.24) is 20.0 Å². The third kappa shape index (κ3) is 3.52. The molecule has 112 valence electrons. The summed E-state index contributed by atoms with van der Waals surface area (Å²) in [4.78, 5) is 2.54. The average Bonchev–Trinajstić information content (AvgIpc) is 2.84.